The number of rotatable bonds is 7. The lowest BCUT2D eigenvalue weighted by atomic mass is 10.2. The SMILES string of the molecule is COC[C@@H](C)n1c(C)cc(C(=O)CSc2nnc(N)s2)c1C. The minimum Gasteiger partial charge on any atom is -0.383 e. The number of carbonyl (C=O) groups excluding carboxylic acids is 1. The number of nitrogens with two attached hydrogens (primary N) is 1. The summed E-state index contributed by atoms with van der Waals surface area (Å²) in [4.78, 5) is 12.5. The molecule has 1 atom stereocenters. The van der Waals surface area contributed by atoms with Crippen molar-refractivity contribution in [1.82, 2.24) is 14.8 Å². The molecule has 0 spiro atoms. The first-order valence-corrected chi connectivity index (χ1v) is 8.66. The molecule has 0 fully saturated rings. The van der Waals surface area contributed by atoms with Crippen LogP contribution in [0.3, 0.4) is 0 Å². The Kier molecular flexibility index (Phi) is 5.60. The molecule has 0 radical (unpaired) electrons. The molecular formula is C14H20N4O2S2. The fourth-order valence-corrected chi connectivity index (χ4v) is 4.06. The summed E-state index contributed by atoms with van der Waals surface area (Å²) in [6.07, 6.45) is 0. The maximum atomic E-state index is 12.5. The number of hydrogen-bond acceptors (Lipinski definition) is 7. The molecule has 0 saturated carbocycles. The molecule has 120 valence electrons. The fraction of sp³-hybridized carbons (Fsp3) is 0.500. The predicted octanol–water partition coefficient (Wildman–Crippen LogP) is 2.72. The van der Waals surface area contributed by atoms with Gasteiger partial charge in [0.2, 0.25) is 5.13 Å². The van der Waals surface area contributed by atoms with Crippen molar-refractivity contribution in [3.8, 4) is 0 Å². The van der Waals surface area contributed by atoms with Crippen molar-refractivity contribution in [3.05, 3.63) is 23.0 Å². The summed E-state index contributed by atoms with van der Waals surface area (Å²) in [7, 11) is 1.68. The highest BCUT2D eigenvalue weighted by atomic mass is 32.2. The number of carbonyl (C=O) groups is 1. The van der Waals surface area contributed by atoms with Gasteiger partial charge in [0, 0.05) is 24.1 Å². The summed E-state index contributed by atoms with van der Waals surface area (Å²) in [5.41, 5.74) is 8.33. The van der Waals surface area contributed by atoms with Crippen LogP contribution in [-0.4, -0.2) is 40.0 Å². The smallest absolute Gasteiger partial charge is 0.203 e. The van der Waals surface area contributed by atoms with E-state index in [-0.39, 0.29) is 11.8 Å². The topological polar surface area (TPSA) is 83.0 Å². The summed E-state index contributed by atoms with van der Waals surface area (Å²) in [5.74, 6) is 0.417. The van der Waals surface area contributed by atoms with Crippen LogP contribution in [-0.2, 0) is 4.74 Å². The van der Waals surface area contributed by atoms with E-state index in [1.54, 1.807) is 7.11 Å². The molecule has 0 aromatic carbocycles. The Hall–Kier alpha value is -1.38. The van der Waals surface area contributed by atoms with Gasteiger partial charge in [0.05, 0.1) is 18.4 Å². The van der Waals surface area contributed by atoms with Crippen LogP contribution in [0.15, 0.2) is 10.4 Å². The molecule has 6 nitrogen and oxygen atoms in total. The highest BCUT2D eigenvalue weighted by Gasteiger charge is 2.19. The highest BCUT2D eigenvalue weighted by molar-refractivity contribution is 8.01. The molecule has 2 rings (SSSR count). The summed E-state index contributed by atoms with van der Waals surface area (Å²) in [6, 6.07) is 2.14. The van der Waals surface area contributed by atoms with Crippen molar-refractivity contribution in [2.24, 2.45) is 0 Å². The second-order valence-corrected chi connectivity index (χ2v) is 7.31. The van der Waals surface area contributed by atoms with E-state index in [2.05, 4.69) is 21.7 Å². The number of aryl methyl sites for hydroxylation is 1. The molecule has 0 aliphatic carbocycles. The maximum absolute atomic E-state index is 12.5. The van der Waals surface area contributed by atoms with Crippen LogP contribution in [0.2, 0.25) is 0 Å². The number of ketones is 1. The average molecular weight is 340 g/mol. The summed E-state index contributed by atoms with van der Waals surface area (Å²) >= 11 is 2.66. The van der Waals surface area contributed by atoms with E-state index in [4.69, 9.17) is 10.5 Å². The molecular weight excluding hydrogens is 320 g/mol. The van der Waals surface area contributed by atoms with Gasteiger partial charge in [-0.25, -0.2) is 0 Å². The van der Waals surface area contributed by atoms with Crippen molar-refractivity contribution < 1.29 is 9.53 Å². The van der Waals surface area contributed by atoms with Crippen LogP contribution in [0.1, 0.15) is 34.7 Å². The van der Waals surface area contributed by atoms with E-state index >= 15 is 0 Å². The molecule has 2 heterocycles. The molecule has 0 unspecified atom stereocenters. The highest BCUT2D eigenvalue weighted by Crippen LogP contribution is 2.26. The Morgan fingerprint density at radius 3 is 2.82 bits per heavy atom. The first-order chi connectivity index (χ1) is 10.4. The van der Waals surface area contributed by atoms with Crippen LogP contribution >= 0.6 is 23.1 Å². The minimum absolute atomic E-state index is 0.0859. The second-order valence-electron chi connectivity index (χ2n) is 5.08. The molecule has 2 aromatic rings. The molecule has 22 heavy (non-hydrogen) atoms. The molecule has 0 aliphatic heterocycles. The number of ether oxygens (including phenoxy) is 1. The van der Waals surface area contributed by atoms with E-state index in [9.17, 15) is 4.79 Å². The second kappa shape index (κ2) is 7.26. The fourth-order valence-electron chi connectivity index (χ4n) is 2.54. The number of anilines is 1. The van der Waals surface area contributed by atoms with E-state index in [0.717, 1.165) is 17.0 Å². The van der Waals surface area contributed by atoms with Crippen LogP contribution < -0.4 is 5.73 Å². The Labute approximate surface area is 138 Å². The lowest BCUT2D eigenvalue weighted by Crippen LogP contribution is -2.14. The van der Waals surface area contributed by atoms with Gasteiger partial charge in [-0.3, -0.25) is 4.79 Å². The Balaban J connectivity index is 2.11. The van der Waals surface area contributed by atoms with E-state index in [0.29, 0.717) is 21.8 Å². The largest absolute Gasteiger partial charge is 0.383 e. The lowest BCUT2D eigenvalue weighted by molar-refractivity contribution is 0.102. The third-order valence-electron chi connectivity index (χ3n) is 3.38. The molecule has 2 aromatic heterocycles. The van der Waals surface area contributed by atoms with Gasteiger partial charge in [0.25, 0.3) is 0 Å². The molecule has 8 heteroatoms. The van der Waals surface area contributed by atoms with Crippen LogP contribution in [0.5, 0.6) is 0 Å². The van der Waals surface area contributed by atoms with Gasteiger partial charge < -0.3 is 15.0 Å². The van der Waals surface area contributed by atoms with Crippen molar-refractivity contribution in [1.29, 1.82) is 0 Å². The number of nitrogen functional groups attached to an aromatic ring is 1. The summed E-state index contributed by atoms with van der Waals surface area (Å²) < 4.78 is 8.07. The molecule has 0 aliphatic rings. The number of Topliss-reactive ketones (excluding diaryl/α,β-unsaturated/α-hetero) is 1. The van der Waals surface area contributed by atoms with E-state index in [1.807, 2.05) is 19.9 Å². The van der Waals surface area contributed by atoms with Crippen LogP contribution in [0.4, 0.5) is 5.13 Å². The van der Waals surface area contributed by atoms with Crippen molar-refractivity contribution >= 4 is 34.0 Å². The van der Waals surface area contributed by atoms with Crippen LogP contribution in [0, 0.1) is 13.8 Å². The maximum Gasteiger partial charge on any atom is 0.203 e. The minimum atomic E-state index is 0.0859. The Morgan fingerprint density at radius 2 is 2.23 bits per heavy atom. The van der Waals surface area contributed by atoms with Gasteiger partial charge in [0.15, 0.2) is 10.1 Å². The zero-order chi connectivity index (χ0) is 16.3. The van der Waals surface area contributed by atoms with E-state index in [1.165, 1.54) is 23.1 Å². The van der Waals surface area contributed by atoms with Crippen molar-refractivity contribution in [2.45, 2.75) is 31.2 Å². The van der Waals surface area contributed by atoms with Crippen LogP contribution in [0.25, 0.3) is 0 Å². The number of nitrogens with zero attached hydrogens (tertiary/aromatic N) is 3. The third kappa shape index (κ3) is 3.68. The molecule has 0 saturated heterocycles. The number of thioether (sulfide) groups is 1. The Morgan fingerprint density at radius 1 is 1.50 bits per heavy atom. The van der Waals surface area contributed by atoms with Gasteiger partial charge in [-0.05, 0) is 26.8 Å². The standard InChI is InChI=1S/C14H20N4O2S2/c1-8-5-11(10(3)18(8)9(2)6-20-4)12(19)7-21-14-17-16-13(15)22-14/h5,9H,6-7H2,1-4H3,(H2,15,16)/t9-/m1/s1. The molecule has 0 amide bonds. The number of hydrogen-bond donors (Lipinski definition) is 1. The summed E-state index contributed by atoms with van der Waals surface area (Å²) in [5, 5.41) is 8.07. The van der Waals surface area contributed by atoms with Gasteiger partial charge in [0.1, 0.15) is 0 Å². The monoisotopic (exact) mass is 340 g/mol. The summed E-state index contributed by atoms with van der Waals surface area (Å²) in [6.45, 7) is 6.67. The zero-order valence-corrected chi connectivity index (χ0v) is 14.8. The normalized spacial score (nSPS) is 12.5. The average Bonchev–Trinajstić information content (AvgIpc) is 3.00. The first-order valence-electron chi connectivity index (χ1n) is 6.86. The van der Waals surface area contributed by atoms with E-state index < -0.39 is 0 Å². The Bertz CT molecular complexity index is 666. The number of aromatic nitrogens is 3. The first kappa shape index (κ1) is 17.0. The van der Waals surface area contributed by atoms with Gasteiger partial charge in [-0.1, -0.05) is 23.1 Å². The predicted molar refractivity (Wildman–Crippen MR) is 89.9 cm³/mol. The third-order valence-corrected chi connectivity index (χ3v) is 5.27. The van der Waals surface area contributed by atoms with Gasteiger partial charge in [-0.15, -0.1) is 10.2 Å². The zero-order valence-electron chi connectivity index (χ0n) is 13.1. The molecule has 2 N–H and O–H groups in total. The van der Waals surface area contributed by atoms with Gasteiger partial charge in [-0.2, -0.15) is 0 Å². The van der Waals surface area contributed by atoms with Gasteiger partial charge >= 0.3 is 0 Å². The van der Waals surface area contributed by atoms with Crippen molar-refractivity contribution in [3.63, 3.8) is 0 Å². The lowest BCUT2D eigenvalue weighted by Gasteiger charge is -2.17. The number of methoxy groups -OCH3 is 1. The molecule has 0 bridgehead atoms. The quantitative estimate of drug-likeness (QED) is 0.616. The van der Waals surface area contributed by atoms with Crippen molar-refractivity contribution in [2.75, 3.05) is 25.2 Å².